The average Bonchev–Trinajstić information content (AvgIpc) is 2.81. The van der Waals surface area contributed by atoms with Gasteiger partial charge in [-0.25, -0.2) is 8.96 Å². The second kappa shape index (κ2) is 8.55. The number of hydrogen-bond donors (Lipinski definition) is 0. The first-order valence-corrected chi connectivity index (χ1v) is 14.4. The Morgan fingerprint density at radius 2 is 1.47 bits per heavy atom. The molecule has 1 aromatic heterocycles. The van der Waals surface area contributed by atoms with Crippen molar-refractivity contribution in [2.45, 2.75) is 71.1 Å². The molecule has 4 aromatic carbocycles. The van der Waals surface area contributed by atoms with Crippen LogP contribution in [0.1, 0.15) is 58.2 Å². The summed E-state index contributed by atoms with van der Waals surface area (Å²) in [6.07, 6.45) is 4.21. The minimum absolute atomic E-state index is 0.136. The largest absolute Gasteiger partial charge is 0.222 e. The standard InChI is InChI=1S/C35H37FNS/c1-20-27-15-21(18-34(2,3)4)9-11-26(27)28(19-35(5,6)7)33-29(20)31-30-22(13-14-37(31)8)16-23-17-24(36)10-12-25(23)32(30)38-33/h9-17H,18-19H2,1-8H3/q+1. The van der Waals surface area contributed by atoms with Gasteiger partial charge in [0.05, 0.1) is 10.9 Å². The second-order valence-corrected chi connectivity index (χ2v) is 14.6. The molecule has 0 radical (unpaired) electrons. The van der Waals surface area contributed by atoms with Crippen LogP contribution in [0, 0.1) is 23.6 Å². The predicted octanol–water partition coefficient (Wildman–Crippen LogP) is 9.73. The van der Waals surface area contributed by atoms with Gasteiger partial charge < -0.3 is 0 Å². The van der Waals surface area contributed by atoms with Crippen LogP contribution in [0.2, 0.25) is 0 Å². The molecule has 194 valence electrons. The van der Waals surface area contributed by atoms with E-state index in [9.17, 15) is 4.39 Å². The first-order valence-electron chi connectivity index (χ1n) is 13.6. The molecule has 1 aliphatic rings. The quantitative estimate of drug-likeness (QED) is 0.162. The summed E-state index contributed by atoms with van der Waals surface area (Å²) in [6, 6.07) is 16.7. The summed E-state index contributed by atoms with van der Waals surface area (Å²) in [7, 11) is 2.16. The van der Waals surface area contributed by atoms with Crippen LogP contribution in [0.4, 0.5) is 4.39 Å². The Bertz CT molecular complexity index is 1780. The number of aryl methyl sites for hydroxylation is 2. The van der Waals surface area contributed by atoms with Gasteiger partial charge in [0.15, 0.2) is 6.20 Å². The number of halogens is 1. The molecule has 6 rings (SSSR count). The lowest BCUT2D eigenvalue weighted by Gasteiger charge is -2.28. The minimum atomic E-state index is -0.187. The number of fused-ring (bicyclic) bond motifs is 5. The van der Waals surface area contributed by atoms with Gasteiger partial charge in [-0.3, -0.25) is 0 Å². The zero-order valence-electron chi connectivity index (χ0n) is 23.8. The summed E-state index contributed by atoms with van der Waals surface area (Å²) in [5.41, 5.74) is 7.18. The fraction of sp³-hybridized carbons (Fsp3) is 0.343. The molecule has 2 heterocycles. The third kappa shape index (κ3) is 4.20. The van der Waals surface area contributed by atoms with Crippen molar-refractivity contribution < 1.29 is 8.96 Å². The Morgan fingerprint density at radius 3 is 2.18 bits per heavy atom. The molecule has 0 saturated carbocycles. The predicted molar refractivity (Wildman–Crippen MR) is 161 cm³/mol. The van der Waals surface area contributed by atoms with Gasteiger partial charge in [-0.1, -0.05) is 77.6 Å². The van der Waals surface area contributed by atoms with Crippen molar-refractivity contribution in [1.29, 1.82) is 0 Å². The maximum atomic E-state index is 14.3. The highest BCUT2D eigenvalue weighted by atomic mass is 32.2. The van der Waals surface area contributed by atoms with E-state index in [-0.39, 0.29) is 16.6 Å². The zero-order valence-corrected chi connectivity index (χ0v) is 24.7. The molecule has 0 amide bonds. The lowest BCUT2D eigenvalue weighted by atomic mass is 9.81. The molecule has 5 aromatic rings. The highest BCUT2D eigenvalue weighted by Crippen LogP contribution is 2.54. The van der Waals surface area contributed by atoms with Crippen molar-refractivity contribution in [3.05, 3.63) is 77.2 Å². The van der Waals surface area contributed by atoms with E-state index in [0.717, 1.165) is 23.6 Å². The number of benzene rings is 4. The van der Waals surface area contributed by atoms with Gasteiger partial charge in [-0.15, -0.1) is 0 Å². The molecule has 0 spiro atoms. The summed E-state index contributed by atoms with van der Waals surface area (Å²) in [5, 5.41) is 7.27. The fourth-order valence-corrected chi connectivity index (χ4v) is 7.74. The molecule has 0 unspecified atom stereocenters. The molecule has 0 N–H and O–H groups in total. The number of hydrogen-bond acceptors (Lipinski definition) is 1. The van der Waals surface area contributed by atoms with E-state index in [4.69, 9.17) is 0 Å². The third-order valence-electron chi connectivity index (χ3n) is 7.72. The Kier molecular flexibility index (Phi) is 5.71. The van der Waals surface area contributed by atoms with Crippen molar-refractivity contribution in [1.82, 2.24) is 0 Å². The van der Waals surface area contributed by atoms with Crippen molar-refractivity contribution >= 4 is 44.1 Å². The first kappa shape index (κ1) is 25.4. The first-order chi connectivity index (χ1) is 17.8. The summed E-state index contributed by atoms with van der Waals surface area (Å²) >= 11 is 1.89. The number of pyridine rings is 1. The molecule has 0 aliphatic carbocycles. The van der Waals surface area contributed by atoms with Crippen molar-refractivity contribution in [2.75, 3.05) is 0 Å². The molecule has 3 heteroatoms. The third-order valence-corrected chi connectivity index (χ3v) is 9.01. The van der Waals surface area contributed by atoms with Crippen molar-refractivity contribution in [3.63, 3.8) is 0 Å². The van der Waals surface area contributed by atoms with Gasteiger partial charge in [0.1, 0.15) is 12.9 Å². The molecule has 1 aliphatic heterocycles. The normalized spacial score (nSPS) is 13.5. The summed E-state index contributed by atoms with van der Waals surface area (Å²) in [5.74, 6) is -0.187. The highest BCUT2D eigenvalue weighted by Gasteiger charge is 2.33. The monoisotopic (exact) mass is 522 g/mol. The molecule has 1 nitrogen and oxygen atoms in total. The van der Waals surface area contributed by atoms with Gasteiger partial charge in [-0.05, 0) is 92.4 Å². The van der Waals surface area contributed by atoms with E-state index in [1.165, 1.54) is 59.3 Å². The Morgan fingerprint density at radius 1 is 0.763 bits per heavy atom. The number of aromatic nitrogens is 1. The molecule has 0 fully saturated rings. The molecule has 0 atom stereocenters. The number of nitrogens with zero attached hydrogens (tertiary/aromatic N) is 1. The lowest BCUT2D eigenvalue weighted by molar-refractivity contribution is -0.659. The van der Waals surface area contributed by atoms with Crippen molar-refractivity contribution in [3.8, 4) is 11.3 Å². The van der Waals surface area contributed by atoms with Crippen LogP contribution in [-0.2, 0) is 19.9 Å². The summed E-state index contributed by atoms with van der Waals surface area (Å²) in [6.45, 7) is 16.2. The van der Waals surface area contributed by atoms with Crippen molar-refractivity contribution in [2.24, 2.45) is 17.9 Å². The summed E-state index contributed by atoms with van der Waals surface area (Å²) in [4.78, 5) is 2.61. The van der Waals surface area contributed by atoms with Gasteiger partial charge in [0.2, 0.25) is 5.69 Å². The Hall–Kier alpha value is -2.91. The van der Waals surface area contributed by atoms with E-state index < -0.39 is 0 Å². The van der Waals surface area contributed by atoms with E-state index in [1.54, 1.807) is 12.1 Å². The van der Waals surface area contributed by atoms with E-state index in [1.807, 2.05) is 17.8 Å². The van der Waals surface area contributed by atoms with Crippen LogP contribution < -0.4 is 4.57 Å². The van der Waals surface area contributed by atoms with E-state index in [2.05, 4.69) is 96.6 Å². The smallest absolute Gasteiger partial charge is 0.207 e. The molecule has 0 bridgehead atoms. The topological polar surface area (TPSA) is 3.88 Å². The van der Waals surface area contributed by atoms with Gasteiger partial charge in [0, 0.05) is 15.9 Å². The SMILES string of the molecule is Cc1c2c(c(CC(C)(C)C)c3ccc(CC(C)(C)C)cc13)Sc1c3ccc(F)cc3cc3cc[n+](C)c-2c13. The van der Waals surface area contributed by atoms with Gasteiger partial charge in [-0.2, -0.15) is 0 Å². The molecule has 38 heavy (non-hydrogen) atoms. The highest BCUT2D eigenvalue weighted by molar-refractivity contribution is 8.00. The van der Waals surface area contributed by atoms with Crippen LogP contribution in [0.5, 0.6) is 0 Å². The van der Waals surface area contributed by atoms with Crippen LogP contribution in [0.15, 0.2) is 64.5 Å². The van der Waals surface area contributed by atoms with E-state index in [0.29, 0.717) is 0 Å². The Labute approximate surface area is 230 Å². The van der Waals surface area contributed by atoms with Crippen LogP contribution in [0.3, 0.4) is 0 Å². The minimum Gasteiger partial charge on any atom is -0.207 e. The van der Waals surface area contributed by atoms with Gasteiger partial charge in [0.25, 0.3) is 0 Å². The fourth-order valence-electron chi connectivity index (χ4n) is 6.26. The van der Waals surface area contributed by atoms with Gasteiger partial charge >= 0.3 is 0 Å². The maximum Gasteiger partial charge on any atom is 0.222 e. The summed E-state index contributed by atoms with van der Waals surface area (Å²) < 4.78 is 16.6. The Balaban J connectivity index is 1.76. The lowest BCUT2D eigenvalue weighted by Crippen LogP contribution is -2.32. The second-order valence-electron chi connectivity index (χ2n) is 13.6. The molecule has 0 saturated heterocycles. The average molecular weight is 523 g/mol. The number of rotatable bonds is 2. The van der Waals surface area contributed by atoms with E-state index >= 15 is 0 Å². The molecular weight excluding hydrogens is 485 g/mol. The molecular formula is C35H37FNS+. The maximum absolute atomic E-state index is 14.3. The van der Waals surface area contributed by atoms with Crippen LogP contribution in [-0.4, -0.2) is 0 Å². The van der Waals surface area contributed by atoms with Crippen LogP contribution in [0.25, 0.3) is 43.6 Å². The zero-order chi connectivity index (χ0) is 27.1. The van der Waals surface area contributed by atoms with Crippen LogP contribution >= 0.6 is 11.8 Å².